The normalized spacial score (nSPS) is 16.9. The maximum Gasteiger partial charge on any atom is 0.331 e. The lowest BCUT2D eigenvalue weighted by atomic mass is 10.0. The Kier molecular flexibility index (Phi) is 5.33. The SMILES string of the molecule is C=CCN1C(=O)NC(=O)[C@H](C(=C)Nc2ccc(NC(C)=O)cc2)C1=O. The van der Waals surface area contributed by atoms with Crippen molar-refractivity contribution in [1.29, 1.82) is 0 Å². The van der Waals surface area contributed by atoms with E-state index in [1.165, 1.54) is 13.0 Å². The predicted octanol–water partition coefficient (Wildman–Crippen LogP) is 1.45. The Morgan fingerprint density at radius 2 is 1.76 bits per heavy atom. The molecule has 0 spiro atoms. The number of benzene rings is 1. The van der Waals surface area contributed by atoms with E-state index in [1.54, 1.807) is 24.3 Å². The molecule has 1 aliphatic rings. The number of hydrogen-bond acceptors (Lipinski definition) is 5. The van der Waals surface area contributed by atoms with E-state index in [-0.39, 0.29) is 18.1 Å². The van der Waals surface area contributed by atoms with Crippen LogP contribution in [-0.2, 0) is 14.4 Å². The smallest absolute Gasteiger partial charge is 0.331 e. The molecular formula is C17H18N4O4. The monoisotopic (exact) mass is 342 g/mol. The Balaban J connectivity index is 2.12. The molecular weight excluding hydrogens is 324 g/mol. The molecule has 0 aromatic heterocycles. The highest BCUT2D eigenvalue weighted by molar-refractivity contribution is 6.18. The largest absolute Gasteiger partial charge is 0.358 e. The van der Waals surface area contributed by atoms with Crippen LogP contribution in [0, 0.1) is 5.92 Å². The van der Waals surface area contributed by atoms with Crippen molar-refractivity contribution in [3.63, 3.8) is 0 Å². The van der Waals surface area contributed by atoms with Crippen LogP contribution in [0.3, 0.4) is 0 Å². The quantitative estimate of drug-likeness (QED) is 0.536. The Morgan fingerprint density at radius 3 is 2.28 bits per heavy atom. The van der Waals surface area contributed by atoms with E-state index < -0.39 is 23.8 Å². The summed E-state index contributed by atoms with van der Waals surface area (Å²) >= 11 is 0. The van der Waals surface area contributed by atoms with Crippen LogP contribution in [0.25, 0.3) is 0 Å². The molecule has 1 atom stereocenters. The number of nitrogens with one attached hydrogen (secondary N) is 3. The number of anilines is 2. The highest BCUT2D eigenvalue weighted by Crippen LogP contribution is 2.21. The first-order valence-electron chi connectivity index (χ1n) is 7.44. The van der Waals surface area contributed by atoms with Crippen LogP contribution in [-0.4, -0.2) is 35.2 Å². The average molecular weight is 342 g/mol. The molecule has 0 saturated carbocycles. The summed E-state index contributed by atoms with van der Waals surface area (Å²) in [5.41, 5.74) is 1.32. The van der Waals surface area contributed by atoms with Crippen LogP contribution in [0.15, 0.2) is 49.2 Å². The molecule has 25 heavy (non-hydrogen) atoms. The van der Waals surface area contributed by atoms with E-state index in [0.29, 0.717) is 11.4 Å². The number of urea groups is 1. The van der Waals surface area contributed by atoms with Gasteiger partial charge in [-0.05, 0) is 24.3 Å². The first kappa shape index (κ1) is 17.9. The van der Waals surface area contributed by atoms with Gasteiger partial charge in [-0.25, -0.2) is 4.79 Å². The van der Waals surface area contributed by atoms with Crippen LogP contribution in [0.1, 0.15) is 6.92 Å². The number of barbiturate groups is 1. The van der Waals surface area contributed by atoms with Gasteiger partial charge in [-0.15, -0.1) is 6.58 Å². The maximum absolute atomic E-state index is 12.4. The molecule has 5 amide bonds. The third-order valence-corrected chi connectivity index (χ3v) is 3.42. The van der Waals surface area contributed by atoms with Crippen LogP contribution in [0.5, 0.6) is 0 Å². The number of hydrogen-bond donors (Lipinski definition) is 3. The van der Waals surface area contributed by atoms with Crippen LogP contribution in [0.4, 0.5) is 16.2 Å². The molecule has 130 valence electrons. The van der Waals surface area contributed by atoms with Crippen LogP contribution < -0.4 is 16.0 Å². The zero-order valence-electron chi connectivity index (χ0n) is 13.7. The topological polar surface area (TPSA) is 108 Å². The number of nitrogens with zero attached hydrogens (tertiary/aromatic N) is 1. The second-order valence-corrected chi connectivity index (χ2v) is 5.37. The minimum absolute atomic E-state index is 0.00681. The van der Waals surface area contributed by atoms with Gasteiger partial charge >= 0.3 is 6.03 Å². The summed E-state index contributed by atoms with van der Waals surface area (Å²) < 4.78 is 0. The number of amides is 5. The fraction of sp³-hybridized carbons (Fsp3) is 0.176. The first-order valence-corrected chi connectivity index (χ1v) is 7.44. The Morgan fingerprint density at radius 1 is 1.20 bits per heavy atom. The molecule has 0 radical (unpaired) electrons. The van der Waals surface area contributed by atoms with E-state index in [0.717, 1.165) is 4.90 Å². The van der Waals surface area contributed by atoms with Gasteiger partial charge in [-0.2, -0.15) is 0 Å². The molecule has 0 unspecified atom stereocenters. The molecule has 1 fully saturated rings. The number of imide groups is 2. The fourth-order valence-electron chi connectivity index (χ4n) is 2.32. The van der Waals surface area contributed by atoms with Crippen molar-refractivity contribution in [2.75, 3.05) is 17.2 Å². The van der Waals surface area contributed by atoms with Crippen molar-refractivity contribution >= 4 is 35.1 Å². The number of carbonyl (C=O) groups is 4. The van der Waals surface area contributed by atoms with Crippen molar-refractivity contribution < 1.29 is 19.2 Å². The van der Waals surface area contributed by atoms with Gasteiger partial charge in [-0.1, -0.05) is 12.7 Å². The molecule has 1 saturated heterocycles. The molecule has 1 aliphatic heterocycles. The van der Waals surface area contributed by atoms with Gasteiger partial charge in [0.25, 0.3) is 0 Å². The van der Waals surface area contributed by atoms with Gasteiger partial charge in [0.1, 0.15) is 0 Å². The van der Waals surface area contributed by atoms with Crippen LogP contribution in [0.2, 0.25) is 0 Å². The van der Waals surface area contributed by atoms with Crippen molar-refractivity contribution in [1.82, 2.24) is 10.2 Å². The Bertz CT molecular complexity index is 754. The van der Waals surface area contributed by atoms with E-state index in [2.05, 4.69) is 29.1 Å². The molecule has 0 bridgehead atoms. The van der Waals surface area contributed by atoms with Gasteiger partial charge in [0.15, 0.2) is 5.92 Å². The van der Waals surface area contributed by atoms with Gasteiger partial charge in [0.05, 0.1) is 0 Å². The molecule has 2 rings (SSSR count). The maximum atomic E-state index is 12.4. The van der Waals surface area contributed by atoms with Gasteiger partial charge in [0, 0.05) is 30.5 Å². The van der Waals surface area contributed by atoms with Gasteiger partial charge < -0.3 is 10.6 Å². The molecule has 8 nitrogen and oxygen atoms in total. The summed E-state index contributed by atoms with van der Waals surface area (Å²) in [6.45, 7) is 8.61. The zero-order valence-corrected chi connectivity index (χ0v) is 13.7. The summed E-state index contributed by atoms with van der Waals surface area (Å²) in [6, 6.07) is 5.86. The molecule has 1 heterocycles. The number of rotatable bonds is 6. The lowest BCUT2D eigenvalue weighted by Gasteiger charge is -2.30. The second-order valence-electron chi connectivity index (χ2n) is 5.37. The first-order chi connectivity index (χ1) is 11.8. The molecule has 8 heteroatoms. The minimum atomic E-state index is -1.23. The Labute approximate surface area is 144 Å². The van der Waals surface area contributed by atoms with Crippen molar-refractivity contribution in [2.45, 2.75) is 6.92 Å². The van der Waals surface area contributed by atoms with E-state index in [4.69, 9.17) is 0 Å². The van der Waals surface area contributed by atoms with Crippen molar-refractivity contribution in [3.05, 3.63) is 49.2 Å². The Hall–Kier alpha value is -3.42. The second kappa shape index (κ2) is 7.43. The summed E-state index contributed by atoms with van der Waals surface area (Å²) in [5, 5.41) is 7.63. The predicted molar refractivity (Wildman–Crippen MR) is 92.4 cm³/mol. The fourth-order valence-corrected chi connectivity index (χ4v) is 2.32. The minimum Gasteiger partial charge on any atom is -0.358 e. The third kappa shape index (κ3) is 4.11. The summed E-state index contributed by atoms with van der Waals surface area (Å²) in [6.07, 6.45) is 1.39. The van der Waals surface area contributed by atoms with E-state index in [9.17, 15) is 19.2 Å². The van der Waals surface area contributed by atoms with Gasteiger partial charge in [0.2, 0.25) is 17.7 Å². The molecule has 1 aromatic rings. The molecule has 0 aliphatic carbocycles. The third-order valence-electron chi connectivity index (χ3n) is 3.42. The van der Waals surface area contributed by atoms with Crippen molar-refractivity contribution in [2.24, 2.45) is 5.92 Å². The summed E-state index contributed by atoms with van der Waals surface area (Å²) in [7, 11) is 0. The summed E-state index contributed by atoms with van der Waals surface area (Å²) in [5.74, 6) is -2.82. The van der Waals surface area contributed by atoms with Crippen LogP contribution >= 0.6 is 0 Å². The van der Waals surface area contributed by atoms with E-state index in [1.807, 2.05) is 0 Å². The summed E-state index contributed by atoms with van der Waals surface area (Å²) in [4.78, 5) is 48.0. The molecule has 1 aromatic carbocycles. The zero-order chi connectivity index (χ0) is 18.6. The highest BCUT2D eigenvalue weighted by Gasteiger charge is 2.41. The standard InChI is InChI=1S/C17H18N4O4/c1-4-9-21-16(24)14(15(23)20-17(21)25)10(2)18-12-5-7-13(8-6-12)19-11(3)22/h4-8,14,18H,1-2,9H2,3H3,(H,19,22)(H,20,23,25)/t14-/m0/s1. The lowest BCUT2D eigenvalue weighted by Crippen LogP contribution is -2.58. The van der Waals surface area contributed by atoms with Gasteiger partial charge in [-0.3, -0.25) is 24.6 Å². The lowest BCUT2D eigenvalue weighted by molar-refractivity contribution is -0.140. The van der Waals surface area contributed by atoms with E-state index >= 15 is 0 Å². The van der Waals surface area contributed by atoms with Crippen molar-refractivity contribution in [3.8, 4) is 0 Å². The molecule has 3 N–H and O–H groups in total. The number of carbonyl (C=O) groups excluding carboxylic acids is 4. The highest BCUT2D eigenvalue weighted by atomic mass is 16.2. The average Bonchev–Trinajstić information content (AvgIpc) is 2.52.